The van der Waals surface area contributed by atoms with E-state index < -0.39 is 11.4 Å². The zero-order valence-electron chi connectivity index (χ0n) is 13.1. The second-order valence-electron chi connectivity index (χ2n) is 5.33. The third-order valence-electron chi connectivity index (χ3n) is 3.69. The predicted octanol–water partition coefficient (Wildman–Crippen LogP) is 4.20. The van der Waals surface area contributed by atoms with Gasteiger partial charge in [-0.1, -0.05) is 11.6 Å². The van der Waals surface area contributed by atoms with Gasteiger partial charge in [-0.2, -0.15) is 0 Å². The highest BCUT2D eigenvalue weighted by molar-refractivity contribution is 7.07. The Balaban J connectivity index is 2.02. The summed E-state index contributed by atoms with van der Waals surface area (Å²) < 4.78 is 14.9. The molecule has 128 valence electrons. The first kappa shape index (κ1) is 16.6. The SMILES string of the molecule is O=c1c2cc(F)ccc2nc(C=Cc2cscn2)n1-c1cccnc1Cl. The number of hydrogen-bond donors (Lipinski definition) is 0. The molecule has 0 spiro atoms. The first-order valence-corrected chi connectivity index (χ1v) is 8.85. The quantitative estimate of drug-likeness (QED) is 0.497. The maximum absolute atomic E-state index is 13.6. The second kappa shape index (κ2) is 6.78. The van der Waals surface area contributed by atoms with Crippen molar-refractivity contribution < 1.29 is 4.39 Å². The van der Waals surface area contributed by atoms with Crippen LogP contribution in [-0.4, -0.2) is 19.5 Å². The Morgan fingerprint density at radius 1 is 1.19 bits per heavy atom. The number of nitrogens with zero attached hydrogens (tertiary/aromatic N) is 4. The Bertz CT molecular complexity index is 1190. The summed E-state index contributed by atoms with van der Waals surface area (Å²) in [6.07, 6.45) is 4.94. The average molecular weight is 385 g/mol. The Kier molecular flexibility index (Phi) is 4.32. The van der Waals surface area contributed by atoms with Gasteiger partial charge < -0.3 is 0 Å². The molecule has 26 heavy (non-hydrogen) atoms. The molecular formula is C18H10ClFN4OS. The highest BCUT2D eigenvalue weighted by atomic mass is 35.5. The average Bonchev–Trinajstić information content (AvgIpc) is 3.15. The predicted molar refractivity (Wildman–Crippen MR) is 101 cm³/mol. The molecule has 0 aliphatic heterocycles. The molecule has 0 atom stereocenters. The molecule has 5 nitrogen and oxygen atoms in total. The van der Waals surface area contributed by atoms with Crippen LogP contribution < -0.4 is 5.56 Å². The molecule has 0 fully saturated rings. The number of pyridine rings is 1. The number of halogens is 2. The first-order chi connectivity index (χ1) is 12.6. The molecule has 3 heterocycles. The summed E-state index contributed by atoms with van der Waals surface area (Å²) in [6, 6.07) is 7.23. The summed E-state index contributed by atoms with van der Waals surface area (Å²) in [4.78, 5) is 25.7. The minimum Gasteiger partial charge on any atom is -0.268 e. The molecule has 3 aromatic heterocycles. The summed E-state index contributed by atoms with van der Waals surface area (Å²) in [5.41, 5.74) is 2.79. The number of rotatable bonds is 3. The maximum Gasteiger partial charge on any atom is 0.266 e. The van der Waals surface area contributed by atoms with E-state index in [0.29, 0.717) is 17.0 Å². The lowest BCUT2D eigenvalue weighted by Gasteiger charge is -2.12. The summed E-state index contributed by atoms with van der Waals surface area (Å²) >= 11 is 7.64. The lowest BCUT2D eigenvalue weighted by Crippen LogP contribution is -2.23. The second-order valence-corrected chi connectivity index (χ2v) is 6.41. The molecule has 0 saturated carbocycles. The van der Waals surface area contributed by atoms with Crippen LogP contribution in [-0.2, 0) is 0 Å². The van der Waals surface area contributed by atoms with Crippen LogP contribution in [0.25, 0.3) is 28.7 Å². The van der Waals surface area contributed by atoms with Gasteiger partial charge >= 0.3 is 0 Å². The fourth-order valence-corrected chi connectivity index (χ4v) is 3.25. The van der Waals surface area contributed by atoms with Gasteiger partial charge in [0.1, 0.15) is 11.6 Å². The van der Waals surface area contributed by atoms with Crippen LogP contribution in [0.15, 0.2) is 52.2 Å². The first-order valence-electron chi connectivity index (χ1n) is 7.53. The Morgan fingerprint density at radius 2 is 2.08 bits per heavy atom. The van der Waals surface area contributed by atoms with Crippen molar-refractivity contribution in [3.05, 3.63) is 80.3 Å². The van der Waals surface area contributed by atoms with Gasteiger partial charge in [-0.05, 0) is 42.5 Å². The zero-order valence-corrected chi connectivity index (χ0v) is 14.7. The topological polar surface area (TPSA) is 60.7 Å². The minimum absolute atomic E-state index is 0.149. The lowest BCUT2D eigenvalue weighted by molar-refractivity contribution is 0.629. The molecule has 0 saturated heterocycles. The molecule has 8 heteroatoms. The van der Waals surface area contributed by atoms with Crippen LogP contribution in [0, 0.1) is 5.82 Å². The van der Waals surface area contributed by atoms with E-state index in [2.05, 4.69) is 15.0 Å². The van der Waals surface area contributed by atoms with Crippen molar-refractivity contribution in [2.24, 2.45) is 0 Å². The molecule has 0 aliphatic carbocycles. The van der Waals surface area contributed by atoms with Crippen molar-refractivity contribution in [3.8, 4) is 5.69 Å². The van der Waals surface area contributed by atoms with Gasteiger partial charge in [-0.15, -0.1) is 11.3 Å². The summed E-state index contributed by atoms with van der Waals surface area (Å²) in [5, 5.41) is 2.18. The number of benzene rings is 1. The van der Waals surface area contributed by atoms with Crippen LogP contribution in [0.2, 0.25) is 5.15 Å². The minimum atomic E-state index is -0.508. The fourth-order valence-electron chi connectivity index (χ4n) is 2.53. The summed E-state index contributed by atoms with van der Waals surface area (Å²) in [6.45, 7) is 0. The maximum atomic E-state index is 13.6. The highest BCUT2D eigenvalue weighted by Crippen LogP contribution is 2.20. The third kappa shape index (κ3) is 3.02. The van der Waals surface area contributed by atoms with E-state index in [9.17, 15) is 9.18 Å². The Labute approximate surface area is 156 Å². The van der Waals surface area contributed by atoms with E-state index in [1.807, 2.05) is 5.38 Å². The third-order valence-corrected chi connectivity index (χ3v) is 4.59. The normalized spacial score (nSPS) is 11.5. The van der Waals surface area contributed by atoms with E-state index in [4.69, 9.17) is 11.6 Å². The van der Waals surface area contributed by atoms with Gasteiger partial charge in [0.15, 0.2) is 5.15 Å². The van der Waals surface area contributed by atoms with E-state index in [1.54, 1.807) is 29.8 Å². The molecule has 1 aromatic carbocycles. The van der Waals surface area contributed by atoms with Crippen molar-refractivity contribution in [2.45, 2.75) is 0 Å². The van der Waals surface area contributed by atoms with E-state index in [-0.39, 0.29) is 10.5 Å². The molecule has 0 amide bonds. The monoisotopic (exact) mass is 384 g/mol. The van der Waals surface area contributed by atoms with Gasteiger partial charge in [0, 0.05) is 11.6 Å². The fraction of sp³-hybridized carbons (Fsp3) is 0. The standard InChI is InChI=1S/C18H10ClFN4OS/c19-17-15(2-1-7-21-17)24-16(6-4-12-9-26-10-22-12)23-14-5-3-11(20)8-13(14)18(24)25/h1-10H. The molecule has 0 bridgehead atoms. The van der Waals surface area contributed by atoms with Crippen LogP contribution >= 0.6 is 22.9 Å². The van der Waals surface area contributed by atoms with Crippen molar-refractivity contribution in [1.29, 1.82) is 0 Å². The number of fused-ring (bicyclic) bond motifs is 1. The summed E-state index contributed by atoms with van der Waals surface area (Å²) in [7, 11) is 0. The van der Waals surface area contributed by atoms with Crippen molar-refractivity contribution in [2.75, 3.05) is 0 Å². The molecular weight excluding hydrogens is 375 g/mol. The molecule has 0 aliphatic rings. The molecule has 0 radical (unpaired) electrons. The number of aromatic nitrogens is 4. The molecule has 4 aromatic rings. The van der Waals surface area contributed by atoms with Gasteiger partial charge in [0.25, 0.3) is 5.56 Å². The van der Waals surface area contributed by atoms with Gasteiger partial charge in [-0.3, -0.25) is 9.36 Å². The molecule has 0 unspecified atom stereocenters. The number of hydrogen-bond acceptors (Lipinski definition) is 5. The van der Waals surface area contributed by atoms with Crippen molar-refractivity contribution in [3.63, 3.8) is 0 Å². The lowest BCUT2D eigenvalue weighted by atomic mass is 10.2. The smallest absolute Gasteiger partial charge is 0.266 e. The van der Waals surface area contributed by atoms with Gasteiger partial charge in [0.05, 0.1) is 27.8 Å². The summed E-state index contributed by atoms with van der Waals surface area (Å²) in [5.74, 6) is -0.164. The largest absolute Gasteiger partial charge is 0.268 e. The van der Waals surface area contributed by atoms with Crippen LogP contribution in [0.4, 0.5) is 4.39 Å². The van der Waals surface area contributed by atoms with Gasteiger partial charge in [0.2, 0.25) is 0 Å². The molecule has 0 N–H and O–H groups in total. The van der Waals surface area contributed by atoms with Crippen LogP contribution in [0.1, 0.15) is 11.5 Å². The van der Waals surface area contributed by atoms with E-state index >= 15 is 0 Å². The van der Waals surface area contributed by atoms with E-state index in [0.717, 1.165) is 5.69 Å². The highest BCUT2D eigenvalue weighted by Gasteiger charge is 2.14. The van der Waals surface area contributed by atoms with Crippen molar-refractivity contribution >= 4 is 46.0 Å². The zero-order chi connectivity index (χ0) is 18.1. The molecule has 4 rings (SSSR count). The van der Waals surface area contributed by atoms with Crippen molar-refractivity contribution in [1.82, 2.24) is 19.5 Å². The van der Waals surface area contributed by atoms with Gasteiger partial charge in [-0.25, -0.2) is 19.3 Å². The number of thiazole rings is 1. The van der Waals surface area contributed by atoms with Crippen LogP contribution in [0.5, 0.6) is 0 Å². The Morgan fingerprint density at radius 3 is 2.85 bits per heavy atom. The van der Waals surface area contributed by atoms with Crippen LogP contribution in [0.3, 0.4) is 0 Å². The Hall–Kier alpha value is -2.90. The van der Waals surface area contributed by atoms with E-state index in [1.165, 1.54) is 40.3 Å².